The zero-order valence-corrected chi connectivity index (χ0v) is 13.7. The minimum atomic E-state index is 0.570. The van der Waals surface area contributed by atoms with Gasteiger partial charge in [-0.15, -0.1) is 10.2 Å². The van der Waals surface area contributed by atoms with E-state index in [1.54, 1.807) is 11.8 Å². The van der Waals surface area contributed by atoms with E-state index in [-0.39, 0.29) is 0 Å². The number of hydrogen-bond acceptors (Lipinski definition) is 4. The molecule has 3 aromatic rings. The van der Waals surface area contributed by atoms with Gasteiger partial charge in [-0.1, -0.05) is 41.6 Å². The van der Waals surface area contributed by atoms with Crippen molar-refractivity contribution >= 4 is 34.3 Å². The Morgan fingerprint density at radius 3 is 2.91 bits per heavy atom. The fourth-order valence-corrected chi connectivity index (χ4v) is 3.90. The van der Waals surface area contributed by atoms with Crippen molar-refractivity contribution < 1.29 is 0 Å². The summed E-state index contributed by atoms with van der Waals surface area (Å²) in [6, 6.07) is 10.7. The minimum Gasteiger partial charge on any atom is -0.303 e. The van der Waals surface area contributed by atoms with Crippen molar-refractivity contribution in [2.24, 2.45) is 0 Å². The standard InChI is InChI=1S/C16H15ClN4S/c1-10-19-20-16(21(10)13-6-7-13)22-9-12-8-11-4-2-3-5-14(11)18-15(12)17/h2-5,8,13H,6-7,9H2,1H3. The maximum atomic E-state index is 6.32. The molecule has 0 bridgehead atoms. The van der Waals surface area contributed by atoms with Gasteiger partial charge in [0, 0.05) is 22.7 Å². The first-order valence-corrected chi connectivity index (χ1v) is 8.67. The first kappa shape index (κ1) is 14.0. The number of rotatable bonds is 4. The molecule has 0 aliphatic heterocycles. The summed E-state index contributed by atoms with van der Waals surface area (Å²) < 4.78 is 2.24. The highest BCUT2D eigenvalue weighted by molar-refractivity contribution is 7.98. The van der Waals surface area contributed by atoms with E-state index in [1.807, 2.05) is 25.1 Å². The summed E-state index contributed by atoms with van der Waals surface area (Å²) in [4.78, 5) is 4.47. The molecule has 6 heteroatoms. The third kappa shape index (κ3) is 2.59. The van der Waals surface area contributed by atoms with E-state index in [4.69, 9.17) is 11.6 Å². The maximum absolute atomic E-state index is 6.32. The van der Waals surface area contributed by atoms with E-state index in [9.17, 15) is 0 Å². The van der Waals surface area contributed by atoms with E-state index in [2.05, 4.69) is 31.9 Å². The molecule has 0 radical (unpaired) electrons. The third-order valence-corrected chi connectivity index (χ3v) is 5.17. The molecule has 112 valence electrons. The van der Waals surface area contributed by atoms with Gasteiger partial charge >= 0.3 is 0 Å². The van der Waals surface area contributed by atoms with Crippen LogP contribution in [0.1, 0.15) is 30.3 Å². The largest absolute Gasteiger partial charge is 0.303 e. The van der Waals surface area contributed by atoms with E-state index < -0.39 is 0 Å². The van der Waals surface area contributed by atoms with Crippen molar-refractivity contribution in [2.75, 3.05) is 0 Å². The van der Waals surface area contributed by atoms with Gasteiger partial charge in [-0.2, -0.15) is 0 Å². The fourth-order valence-electron chi connectivity index (χ4n) is 2.58. The Bertz CT molecular complexity index is 841. The molecular weight excluding hydrogens is 316 g/mol. The summed E-state index contributed by atoms with van der Waals surface area (Å²) in [6.45, 7) is 2.01. The summed E-state index contributed by atoms with van der Waals surface area (Å²) in [7, 11) is 0. The zero-order chi connectivity index (χ0) is 15.1. The number of pyridine rings is 1. The van der Waals surface area contributed by atoms with Crippen molar-refractivity contribution in [3.63, 3.8) is 0 Å². The smallest absolute Gasteiger partial charge is 0.191 e. The van der Waals surface area contributed by atoms with Gasteiger partial charge in [0.05, 0.1) is 5.52 Å². The van der Waals surface area contributed by atoms with Crippen LogP contribution in [0.3, 0.4) is 0 Å². The molecule has 0 N–H and O–H groups in total. The fraction of sp³-hybridized carbons (Fsp3) is 0.312. The van der Waals surface area contributed by atoms with E-state index in [0.717, 1.165) is 33.2 Å². The number of para-hydroxylation sites is 1. The predicted octanol–water partition coefficient (Wildman–Crippen LogP) is 4.42. The Kier molecular flexibility index (Phi) is 3.54. The van der Waals surface area contributed by atoms with Crippen LogP contribution in [0.5, 0.6) is 0 Å². The molecule has 2 aromatic heterocycles. The molecule has 0 amide bonds. The van der Waals surface area contributed by atoms with Crippen molar-refractivity contribution in [3.05, 3.63) is 46.9 Å². The molecule has 1 aliphatic rings. The zero-order valence-electron chi connectivity index (χ0n) is 12.2. The molecule has 1 aromatic carbocycles. The molecule has 0 saturated heterocycles. The van der Waals surface area contributed by atoms with Gasteiger partial charge < -0.3 is 4.57 Å². The Labute approximate surface area is 137 Å². The highest BCUT2D eigenvalue weighted by atomic mass is 35.5. The molecule has 1 fully saturated rings. The van der Waals surface area contributed by atoms with Gasteiger partial charge in [-0.3, -0.25) is 0 Å². The van der Waals surface area contributed by atoms with Crippen LogP contribution >= 0.6 is 23.4 Å². The number of nitrogens with zero attached hydrogens (tertiary/aromatic N) is 4. The lowest BCUT2D eigenvalue weighted by molar-refractivity contribution is 0.644. The van der Waals surface area contributed by atoms with E-state index >= 15 is 0 Å². The van der Waals surface area contributed by atoms with Crippen molar-refractivity contribution in [1.82, 2.24) is 19.7 Å². The van der Waals surface area contributed by atoms with Crippen molar-refractivity contribution in [3.8, 4) is 0 Å². The number of aromatic nitrogens is 4. The topological polar surface area (TPSA) is 43.6 Å². The lowest BCUT2D eigenvalue weighted by Crippen LogP contribution is -1.99. The number of aryl methyl sites for hydroxylation is 1. The SMILES string of the molecule is Cc1nnc(SCc2cc3ccccc3nc2Cl)n1C1CC1. The molecule has 0 spiro atoms. The molecule has 1 aliphatic carbocycles. The minimum absolute atomic E-state index is 0.570. The van der Waals surface area contributed by atoms with Gasteiger partial charge in [0.25, 0.3) is 0 Å². The number of fused-ring (bicyclic) bond motifs is 1. The molecule has 4 rings (SSSR count). The van der Waals surface area contributed by atoms with E-state index in [0.29, 0.717) is 11.2 Å². The van der Waals surface area contributed by atoms with Gasteiger partial charge in [-0.25, -0.2) is 4.98 Å². The maximum Gasteiger partial charge on any atom is 0.191 e. The van der Waals surface area contributed by atoms with Crippen LogP contribution in [0.4, 0.5) is 0 Å². The monoisotopic (exact) mass is 330 g/mol. The van der Waals surface area contributed by atoms with Crippen molar-refractivity contribution in [2.45, 2.75) is 36.7 Å². The molecule has 4 nitrogen and oxygen atoms in total. The lowest BCUT2D eigenvalue weighted by Gasteiger charge is -2.08. The number of hydrogen-bond donors (Lipinski definition) is 0. The lowest BCUT2D eigenvalue weighted by atomic mass is 10.2. The second-order valence-corrected chi connectivity index (χ2v) is 6.85. The van der Waals surface area contributed by atoms with Gasteiger partial charge in [0.1, 0.15) is 11.0 Å². The van der Waals surface area contributed by atoms with Gasteiger partial charge in [-0.05, 0) is 31.9 Å². The van der Waals surface area contributed by atoms with Crippen molar-refractivity contribution in [1.29, 1.82) is 0 Å². The van der Waals surface area contributed by atoms with Crippen LogP contribution in [-0.4, -0.2) is 19.7 Å². The number of thioether (sulfide) groups is 1. The Balaban J connectivity index is 1.60. The first-order valence-electron chi connectivity index (χ1n) is 7.31. The van der Waals surface area contributed by atoms with Gasteiger partial charge in [0.2, 0.25) is 0 Å². The first-order chi connectivity index (χ1) is 10.7. The summed E-state index contributed by atoms with van der Waals surface area (Å²) in [5, 5.41) is 11.2. The predicted molar refractivity (Wildman–Crippen MR) is 89.3 cm³/mol. The molecule has 2 heterocycles. The molecule has 22 heavy (non-hydrogen) atoms. The van der Waals surface area contributed by atoms with E-state index in [1.165, 1.54) is 12.8 Å². The summed E-state index contributed by atoms with van der Waals surface area (Å²) in [5.74, 6) is 1.74. The molecule has 0 atom stereocenters. The average molecular weight is 331 g/mol. The molecule has 1 saturated carbocycles. The normalized spacial score (nSPS) is 14.6. The quantitative estimate of drug-likeness (QED) is 0.525. The third-order valence-electron chi connectivity index (χ3n) is 3.85. The molecule has 0 unspecified atom stereocenters. The second-order valence-electron chi connectivity index (χ2n) is 5.55. The number of benzene rings is 1. The number of halogens is 1. The Hall–Kier alpha value is -1.59. The van der Waals surface area contributed by atoms with Crippen LogP contribution in [0, 0.1) is 6.92 Å². The Morgan fingerprint density at radius 2 is 2.09 bits per heavy atom. The Morgan fingerprint density at radius 1 is 1.27 bits per heavy atom. The summed E-state index contributed by atoms with van der Waals surface area (Å²) in [6.07, 6.45) is 2.45. The highest BCUT2D eigenvalue weighted by Gasteiger charge is 2.28. The van der Waals surface area contributed by atoms with Crippen LogP contribution in [-0.2, 0) is 5.75 Å². The van der Waals surface area contributed by atoms with Crippen LogP contribution in [0.15, 0.2) is 35.5 Å². The second kappa shape index (κ2) is 5.56. The van der Waals surface area contributed by atoms with Gasteiger partial charge in [0.15, 0.2) is 5.16 Å². The average Bonchev–Trinajstić information content (AvgIpc) is 3.28. The van der Waals surface area contributed by atoms with Crippen LogP contribution in [0.25, 0.3) is 10.9 Å². The molecular formula is C16H15ClN4S. The van der Waals surface area contributed by atoms with Crippen LogP contribution in [0.2, 0.25) is 5.15 Å². The highest BCUT2D eigenvalue weighted by Crippen LogP contribution is 2.39. The summed E-state index contributed by atoms with van der Waals surface area (Å²) >= 11 is 8.00. The van der Waals surface area contributed by atoms with Crippen LogP contribution < -0.4 is 0 Å². The summed E-state index contributed by atoms with van der Waals surface area (Å²) in [5.41, 5.74) is 1.96.